The summed E-state index contributed by atoms with van der Waals surface area (Å²) in [6, 6.07) is 21.8. The fourth-order valence-electron chi connectivity index (χ4n) is 2.58. The number of hydrogen-bond donors (Lipinski definition) is 1. The Hall–Kier alpha value is -2.46. The normalized spacial score (nSPS) is 11.5. The highest BCUT2D eigenvalue weighted by molar-refractivity contribution is 9.10. The summed E-state index contributed by atoms with van der Waals surface area (Å²) < 4.78 is 1.03. The van der Waals surface area contributed by atoms with E-state index >= 15 is 0 Å². The monoisotopic (exact) mass is 380 g/mol. The number of benzene rings is 3. The maximum atomic E-state index is 12.2. The third-order valence-corrected chi connectivity index (χ3v) is 4.54. The van der Waals surface area contributed by atoms with E-state index in [4.69, 9.17) is 0 Å². The molecule has 0 bridgehead atoms. The lowest BCUT2D eigenvalue weighted by Crippen LogP contribution is -2.21. The number of fused-ring (bicyclic) bond motifs is 1. The van der Waals surface area contributed by atoms with Crippen molar-refractivity contribution in [3.05, 3.63) is 82.3 Å². The Kier molecular flexibility index (Phi) is 5.06. The number of hydrazone groups is 1. The Morgan fingerprint density at radius 3 is 2.38 bits per heavy atom. The van der Waals surface area contributed by atoms with E-state index in [-0.39, 0.29) is 5.91 Å². The second kappa shape index (κ2) is 7.41. The highest BCUT2D eigenvalue weighted by atomic mass is 79.9. The molecule has 3 nitrogen and oxygen atoms in total. The van der Waals surface area contributed by atoms with Crippen LogP contribution in [0.5, 0.6) is 0 Å². The molecule has 24 heavy (non-hydrogen) atoms. The molecular weight excluding hydrogens is 364 g/mol. The maximum absolute atomic E-state index is 12.2. The molecule has 0 aliphatic carbocycles. The predicted octanol–water partition coefficient (Wildman–Crippen LogP) is 4.69. The fourth-order valence-corrected chi connectivity index (χ4v) is 3.06. The fraction of sp³-hybridized carbons (Fsp3) is 0.100. The first kappa shape index (κ1) is 16.4. The molecule has 0 aromatic heterocycles. The molecule has 4 heteroatoms. The van der Waals surface area contributed by atoms with E-state index in [2.05, 4.69) is 26.5 Å². The summed E-state index contributed by atoms with van der Waals surface area (Å²) >= 11 is 3.55. The van der Waals surface area contributed by atoms with Gasteiger partial charge in [-0.1, -0.05) is 76.6 Å². The Bertz CT molecular complexity index is 904. The first-order valence-electron chi connectivity index (χ1n) is 7.70. The summed E-state index contributed by atoms with van der Waals surface area (Å²) in [6.45, 7) is 1.88. The third-order valence-electron chi connectivity index (χ3n) is 3.85. The minimum atomic E-state index is -0.127. The zero-order chi connectivity index (χ0) is 16.9. The molecule has 120 valence electrons. The van der Waals surface area contributed by atoms with Gasteiger partial charge in [0.05, 0.1) is 12.1 Å². The molecule has 0 atom stereocenters. The van der Waals surface area contributed by atoms with E-state index in [1.54, 1.807) is 0 Å². The molecule has 0 fully saturated rings. The van der Waals surface area contributed by atoms with E-state index in [1.807, 2.05) is 73.7 Å². The van der Waals surface area contributed by atoms with E-state index in [9.17, 15) is 4.79 Å². The zero-order valence-electron chi connectivity index (χ0n) is 13.3. The Morgan fingerprint density at radius 1 is 0.958 bits per heavy atom. The molecule has 0 aliphatic rings. The number of carbonyl (C=O) groups is 1. The van der Waals surface area contributed by atoms with Crippen molar-refractivity contribution in [3.63, 3.8) is 0 Å². The van der Waals surface area contributed by atoms with E-state index in [0.29, 0.717) is 6.42 Å². The van der Waals surface area contributed by atoms with Gasteiger partial charge < -0.3 is 0 Å². The number of hydrogen-bond acceptors (Lipinski definition) is 2. The van der Waals surface area contributed by atoms with Gasteiger partial charge in [-0.2, -0.15) is 5.10 Å². The molecule has 3 aromatic carbocycles. The van der Waals surface area contributed by atoms with Crippen molar-refractivity contribution < 1.29 is 4.79 Å². The van der Waals surface area contributed by atoms with Gasteiger partial charge in [0.2, 0.25) is 5.91 Å². The maximum Gasteiger partial charge on any atom is 0.244 e. The smallest absolute Gasteiger partial charge is 0.244 e. The standard InChI is InChI=1S/C20H17BrN2O/c1-14(15-7-3-2-4-8-15)22-23-20(24)13-16-11-12-19(21)18-10-6-5-9-17(16)18/h2-12H,13H2,1H3,(H,23,24)/b22-14-. The molecule has 0 saturated heterocycles. The minimum Gasteiger partial charge on any atom is -0.273 e. The Morgan fingerprint density at radius 2 is 1.62 bits per heavy atom. The summed E-state index contributed by atoms with van der Waals surface area (Å²) in [5, 5.41) is 6.37. The molecular formula is C20H17BrN2O. The van der Waals surface area contributed by atoms with Crippen molar-refractivity contribution in [2.75, 3.05) is 0 Å². The van der Waals surface area contributed by atoms with Crippen molar-refractivity contribution in [2.24, 2.45) is 5.10 Å². The predicted molar refractivity (Wildman–Crippen MR) is 102 cm³/mol. The van der Waals surface area contributed by atoms with Gasteiger partial charge in [-0.25, -0.2) is 5.43 Å². The van der Waals surface area contributed by atoms with Crippen molar-refractivity contribution >= 4 is 38.3 Å². The lowest BCUT2D eigenvalue weighted by molar-refractivity contribution is -0.120. The van der Waals surface area contributed by atoms with Gasteiger partial charge in [-0.05, 0) is 34.9 Å². The summed E-state index contributed by atoms with van der Waals surface area (Å²) in [5.74, 6) is -0.127. The molecule has 0 radical (unpaired) electrons. The van der Waals surface area contributed by atoms with Gasteiger partial charge in [0.15, 0.2) is 0 Å². The molecule has 0 unspecified atom stereocenters. The highest BCUT2D eigenvalue weighted by Crippen LogP contribution is 2.27. The number of rotatable bonds is 4. The lowest BCUT2D eigenvalue weighted by atomic mass is 10.0. The van der Waals surface area contributed by atoms with Crippen LogP contribution >= 0.6 is 15.9 Å². The van der Waals surface area contributed by atoms with Crippen LogP contribution in [0, 0.1) is 0 Å². The van der Waals surface area contributed by atoms with Crippen LogP contribution in [-0.4, -0.2) is 11.6 Å². The topological polar surface area (TPSA) is 41.5 Å². The van der Waals surface area contributed by atoms with Gasteiger partial charge in [0.1, 0.15) is 0 Å². The van der Waals surface area contributed by atoms with Gasteiger partial charge >= 0.3 is 0 Å². The number of halogens is 1. The molecule has 1 amide bonds. The second-order valence-corrected chi connectivity index (χ2v) is 6.38. The van der Waals surface area contributed by atoms with Gasteiger partial charge in [0, 0.05) is 4.47 Å². The number of carbonyl (C=O) groups excluding carboxylic acids is 1. The number of amides is 1. The molecule has 3 aromatic rings. The second-order valence-electron chi connectivity index (χ2n) is 5.53. The van der Waals surface area contributed by atoms with Crippen LogP contribution in [0.4, 0.5) is 0 Å². The first-order chi connectivity index (χ1) is 11.6. The molecule has 0 aliphatic heterocycles. The molecule has 0 spiro atoms. The van der Waals surface area contributed by atoms with Crippen LogP contribution in [0.3, 0.4) is 0 Å². The summed E-state index contributed by atoms with van der Waals surface area (Å²) in [4.78, 5) is 12.2. The highest BCUT2D eigenvalue weighted by Gasteiger charge is 2.08. The van der Waals surface area contributed by atoms with Gasteiger partial charge in [-0.3, -0.25) is 4.79 Å². The SMILES string of the molecule is C/C(=N/NC(=O)Cc1ccc(Br)c2ccccc12)c1ccccc1. The van der Waals surface area contributed by atoms with Crippen LogP contribution in [0.25, 0.3) is 10.8 Å². The summed E-state index contributed by atoms with van der Waals surface area (Å²) in [6.07, 6.45) is 0.291. The first-order valence-corrected chi connectivity index (χ1v) is 8.49. The average Bonchev–Trinajstić information content (AvgIpc) is 2.63. The van der Waals surface area contributed by atoms with Crippen molar-refractivity contribution in [3.8, 4) is 0 Å². The Balaban J connectivity index is 1.75. The van der Waals surface area contributed by atoms with Crippen LogP contribution in [-0.2, 0) is 11.2 Å². The summed E-state index contributed by atoms with van der Waals surface area (Å²) in [5.41, 5.74) is 5.41. The Labute approximate surface area is 149 Å². The average molecular weight is 381 g/mol. The van der Waals surface area contributed by atoms with E-state index in [0.717, 1.165) is 32.1 Å². The van der Waals surface area contributed by atoms with Crippen LogP contribution in [0.2, 0.25) is 0 Å². The zero-order valence-corrected chi connectivity index (χ0v) is 14.9. The molecule has 0 heterocycles. The quantitative estimate of drug-likeness (QED) is 0.517. The molecule has 1 N–H and O–H groups in total. The number of nitrogens with zero attached hydrogens (tertiary/aromatic N) is 1. The summed E-state index contributed by atoms with van der Waals surface area (Å²) in [7, 11) is 0. The van der Waals surface area contributed by atoms with Gasteiger partial charge in [0.25, 0.3) is 0 Å². The van der Waals surface area contributed by atoms with Crippen LogP contribution < -0.4 is 5.43 Å². The molecule has 0 saturated carbocycles. The van der Waals surface area contributed by atoms with Crippen molar-refractivity contribution in [1.82, 2.24) is 5.43 Å². The van der Waals surface area contributed by atoms with Gasteiger partial charge in [-0.15, -0.1) is 0 Å². The van der Waals surface area contributed by atoms with E-state index in [1.165, 1.54) is 0 Å². The largest absolute Gasteiger partial charge is 0.273 e. The van der Waals surface area contributed by atoms with Crippen LogP contribution in [0.1, 0.15) is 18.1 Å². The third kappa shape index (κ3) is 3.71. The van der Waals surface area contributed by atoms with Crippen molar-refractivity contribution in [2.45, 2.75) is 13.3 Å². The van der Waals surface area contributed by atoms with E-state index < -0.39 is 0 Å². The number of nitrogens with one attached hydrogen (secondary N) is 1. The minimum absolute atomic E-state index is 0.127. The lowest BCUT2D eigenvalue weighted by Gasteiger charge is -2.08. The molecule has 3 rings (SSSR count). The van der Waals surface area contributed by atoms with Crippen molar-refractivity contribution in [1.29, 1.82) is 0 Å². The van der Waals surface area contributed by atoms with Crippen LogP contribution in [0.15, 0.2) is 76.3 Å².